The first-order valence-electron chi connectivity index (χ1n) is 13.8. The molecule has 7 nitrogen and oxygen atoms in total. The van der Waals surface area contributed by atoms with Crippen molar-refractivity contribution in [3.05, 3.63) is 164 Å². The molecule has 0 amide bonds. The second-order valence-electron chi connectivity index (χ2n) is 10.4. The molecule has 0 atom stereocenters. The zero-order valence-electron chi connectivity index (χ0n) is 23.2. The first-order chi connectivity index (χ1) is 20.5. The topological polar surface area (TPSA) is 88.7 Å². The van der Waals surface area contributed by atoms with Crippen LogP contribution in [-0.2, 0) is 0 Å². The summed E-state index contributed by atoms with van der Waals surface area (Å²) >= 11 is 0. The number of rotatable bonds is 6. The van der Waals surface area contributed by atoms with Gasteiger partial charge in [-0.05, 0) is 61.0 Å². The van der Waals surface area contributed by atoms with Gasteiger partial charge in [-0.3, -0.25) is 19.8 Å². The van der Waals surface area contributed by atoms with Gasteiger partial charge in [0.2, 0.25) is 0 Å². The molecule has 0 aliphatic rings. The van der Waals surface area contributed by atoms with E-state index < -0.39 is 5.92 Å². The first kappa shape index (κ1) is 25.4. The van der Waals surface area contributed by atoms with Crippen molar-refractivity contribution < 1.29 is 4.42 Å². The molecule has 3 heterocycles. The van der Waals surface area contributed by atoms with E-state index in [-0.39, 0.29) is 11.1 Å². The summed E-state index contributed by atoms with van der Waals surface area (Å²) in [6, 6.07) is 36.8. The summed E-state index contributed by atoms with van der Waals surface area (Å²) in [7, 11) is 0. The van der Waals surface area contributed by atoms with Gasteiger partial charge < -0.3 is 4.42 Å². The zero-order chi connectivity index (χ0) is 28.8. The number of nitrogens with zero attached hydrogens (tertiary/aromatic N) is 2. The molecule has 0 spiro atoms. The highest BCUT2D eigenvalue weighted by molar-refractivity contribution is 5.95. The Balaban J connectivity index is 1.46. The summed E-state index contributed by atoms with van der Waals surface area (Å²) < 4.78 is 9.61. The molecule has 0 aliphatic carbocycles. The predicted molar refractivity (Wildman–Crippen MR) is 165 cm³/mol. The van der Waals surface area contributed by atoms with Gasteiger partial charge in [0, 0.05) is 17.0 Å². The Bertz CT molecular complexity index is 2060. The van der Waals surface area contributed by atoms with Crippen LogP contribution >= 0.6 is 0 Å². The molecule has 206 valence electrons. The average molecular weight is 553 g/mol. The minimum Gasteiger partial charge on any atom is -0.460 e. The van der Waals surface area contributed by atoms with Crippen molar-refractivity contribution in [1.82, 2.24) is 19.6 Å². The zero-order valence-corrected chi connectivity index (χ0v) is 23.2. The van der Waals surface area contributed by atoms with Crippen LogP contribution in [0.25, 0.3) is 33.5 Å². The van der Waals surface area contributed by atoms with E-state index in [2.05, 4.69) is 28.4 Å². The summed E-state index contributed by atoms with van der Waals surface area (Å²) in [5.74, 6) is 0.424. The molecule has 4 aromatic carbocycles. The maximum absolute atomic E-state index is 14.1. The van der Waals surface area contributed by atoms with Crippen molar-refractivity contribution >= 4 is 10.8 Å². The number of H-pyrrole nitrogens is 2. The van der Waals surface area contributed by atoms with Gasteiger partial charge >= 0.3 is 0 Å². The summed E-state index contributed by atoms with van der Waals surface area (Å²) in [4.78, 5) is 28.2. The van der Waals surface area contributed by atoms with Crippen LogP contribution in [-0.4, -0.2) is 19.6 Å². The van der Waals surface area contributed by atoms with Crippen molar-refractivity contribution in [2.24, 2.45) is 0 Å². The lowest BCUT2D eigenvalue weighted by Crippen LogP contribution is -2.25. The summed E-state index contributed by atoms with van der Waals surface area (Å²) in [5, 5.41) is 8.63. The van der Waals surface area contributed by atoms with Gasteiger partial charge in [0.1, 0.15) is 11.5 Å². The molecule has 0 saturated heterocycles. The number of nitrogens with one attached hydrogen (secondary N) is 2. The van der Waals surface area contributed by atoms with Gasteiger partial charge in [-0.2, -0.15) is 0 Å². The van der Waals surface area contributed by atoms with Crippen LogP contribution in [0.5, 0.6) is 0 Å². The lowest BCUT2D eigenvalue weighted by Gasteiger charge is -2.13. The third-order valence-corrected chi connectivity index (χ3v) is 7.81. The van der Waals surface area contributed by atoms with Crippen LogP contribution in [0.4, 0.5) is 0 Å². The molecule has 3 aromatic heterocycles. The molecule has 0 saturated carbocycles. The summed E-state index contributed by atoms with van der Waals surface area (Å²) in [6.45, 7) is 3.71. The van der Waals surface area contributed by atoms with E-state index in [1.807, 2.05) is 111 Å². The normalized spacial score (nSPS) is 11.5. The Kier molecular flexibility index (Phi) is 6.12. The molecule has 7 aromatic rings. The summed E-state index contributed by atoms with van der Waals surface area (Å²) in [6.07, 6.45) is 0. The Morgan fingerprint density at radius 1 is 0.595 bits per heavy atom. The molecule has 7 heteroatoms. The number of aryl methyl sites for hydroxylation is 2. The average Bonchev–Trinajstić information content (AvgIpc) is 3.71. The van der Waals surface area contributed by atoms with Crippen LogP contribution < -0.4 is 11.1 Å². The fourth-order valence-electron chi connectivity index (χ4n) is 5.84. The van der Waals surface area contributed by atoms with Gasteiger partial charge in [-0.25, -0.2) is 9.36 Å². The Hall–Kier alpha value is -5.56. The highest BCUT2D eigenvalue weighted by Crippen LogP contribution is 2.37. The maximum atomic E-state index is 14.1. The van der Waals surface area contributed by atoms with Gasteiger partial charge in [0.05, 0.1) is 28.4 Å². The van der Waals surface area contributed by atoms with Gasteiger partial charge in [-0.15, -0.1) is 0 Å². The van der Waals surface area contributed by atoms with Crippen LogP contribution in [0.1, 0.15) is 34.2 Å². The number of para-hydroxylation sites is 2. The lowest BCUT2D eigenvalue weighted by atomic mass is 9.89. The molecule has 0 fully saturated rings. The number of furan rings is 1. The van der Waals surface area contributed by atoms with E-state index in [4.69, 9.17) is 4.42 Å². The van der Waals surface area contributed by atoms with E-state index >= 15 is 0 Å². The lowest BCUT2D eigenvalue weighted by molar-refractivity contribution is 0.514. The molecular weight excluding hydrogens is 524 g/mol. The van der Waals surface area contributed by atoms with Crippen LogP contribution in [0.2, 0.25) is 0 Å². The molecular formula is C35H28N4O3. The third kappa shape index (κ3) is 4.14. The minimum atomic E-state index is -0.754. The molecule has 0 aliphatic heterocycles. The van der Waals surface area contributed by atoms with E-state index in [9.17, 15) is 9.59 Å². The van der Waals surface area contributed by atoms with Gasteiger partial charge in [0.15, 0.2) is 0 Å². The highest BCUT2D eigenvalue weighted by atomic mass is 16.3. The second kappa shape index (κ2) is 10.1. The van der Waals surface area contributed by atoms with Crippen LogP contribution in [0, 0.1) is 13.8 Å². The number of aromatic nitrogens is 4. The molecule has 0 bridgehead atoms. The van der Waals surface area contributed by atoms with Crippen LogP contribution in [0.3, 0.4) is 0 Å². The van der Waals surface area contributed by atoms with E-state index in [0.717, 1.165) is 16.3 Å². The largest absolute Gasteiger partial charge is 0.460 e. The third-order valence-electron chi connectivity index (χ3n) is 7.81. The van der Waals surface area contributed by atoms with Crippen LogP contribution in [0.15, 0.2) is 129 Å². The minimum absolute atomic E-state index is 0.238. The molecule has 0 radical (unpaired) electrons. The van der Waals surface area contributed by atoms with Gasteiger partial charge in [0.25, 0.3) is 11.1 Å². The molecule has 2 N–H and O–H groups in total. The SMILES string of the molecule is Cc1[nH]n(-c2ccccc2)c(=O)c1C(c1ccc(-c2cccc3ccccc23)o1)c1c(C)[nH]n(-c2ccccc2)c1=O. The van der Waals surface area contributed by atoms with Crippen molar-refractivity contribution in [2.45, 2.75) is 19.8 Å². The smallest absolute Gasteiger partial charge is 0.275 e. The molecule has 42 heavy (non-hydrogen) atoms. The number of aromatic amines is 2. The number of hydrogen-bond acceptors (Lipinski definition) is 3. The van der Waals surface area contributed by atoms with Crippen molar-refractivity contribution in [2.75, 3.05) is 0 Å². The standard InChI is InChI=1S/C35H28N4O3/c1-22-31(34(40)38(36-22)25-14-5-3-6-15-25)33(32-23(2)37-39(35(32)41)26-16-7-4-8-17-26)30-21-20-29(42-30)28-19-11-13-24-12-9-10-18-27(24)28/h3-21,33,36-37H,1-2H3. The summed E-state index contributed by atoms with van der Waals surface area (Å²) in [5.41, 5.74) is 4.10. The number of fused-ring (bicyclic) bond motifs is 1. The monoisotopic (exact) mass is 552 g/mol. The highest BCUT2D eigenvalue weighted by Gasteiger charge is 2.33. The second-order valence-corrected chi connectivity index (χ2v) is 10.4. The Morgan fingerprint density at radius 2 is 1.12 bits per heavy atom. The van der Waals surface area contributed by atoms with E-state index in [0.29, 0.717) is 45.4 Å². The fourth-order valence-corrected chi connectivity index (χ4v) is 5.84. The van der Waals surface area contributed by atoms with E-state index in [1.54, 1.807) is 0 Å². The van der Waals surface area contributed by atoms with E-state index in [1.165, 1.54) is 9.36 Å². The predicted octanol–water partition coefficient (Wildman–Crippen LogP) is 6.85. The number of hydrogen-bond donors (Lipinski definition) is 2. The molecule has 7 rings (SSSR count). The van der Waals surface area contributed by atoms with Crippen molar-refractivity contribution in [1.29, 1.82) is 0 Å². The number of benzene rings is 4. The Morgan fingerprint density at radius 3 is 1.71 bits per heavy atom. The Labute approximate surface area is 241 Å². The quantitative estimate of drug-likeness (QED) is 0.236. The van der Waals surface area contributed by atoms with Crippen molar-refractivity contribution in [3.63, 3.8) is 0 Å². The van der Waals surface area contributed by atoms with Gasteiger partial charge in [-0.1, -0.05) is 78.9 Å². The fraction of sp³-hybridized carbons (Fsp3) is 0.0857. The van der Waals surface area contributed by atoms with Crippen molar-refractivity contribution in [3.8, 4) is 22.7 Å². The maximum Gasteiger partial charge on any atom is 0.275 e. The first-order valence-corrected chi connectivity index (χ1v) is 13.8. The molecule has 0 unspecified atom stereocenters.